The normalized spacial score (nSPS) is 11.5. The Labute approximate surface area is 188 Å². The van der Waals surface area contributed by atoms with Crippen molar-refractivity contribution in [1.82, 2.24) is 0 Å². The first-order valence-corrected chi connectivity index (χ1v) is 10.5. The molecule has 5 nitrogen and oxygen atoms in total. The fourth-order valence-electron chi connectivity index (χ4n) is 3.62. The van der Waals surface area contributed by atoms with E-state index >= 15 is 0 Å². The number of carbonyl (C=O) groups excluding carboxylic acids is 2. The lowest BCUT2D eigenvalue weighted by atomic mass is 9.94. The molecule has 0 heterocycles. The van der Waals surface area contributed by atoms with Gasteiger partial charge in [0.2, 0.25) is 0 Å². The number of esters is 1. The maximum absolute atomic E-state index is 11.1. The van der Waals surface area contributed by atoms with Gasteiger partial charge in [0.25, 0.3) is 0 Å². The van der Waals surface area contributed by atoms with Crippen molar-refractivity contribution in [3.8, 4) is 22.6 Å². The van der Waals surface area contributed by atoms with Gasteiger partial charge in [0.1, 0.15) is 37.1 Å². The number of rotatable bonds is 9. The van der Waals surface area contributed by atoms with Gasteiger partial charge in [-0.25, -0.2) is 0 Å². The fourth-order valence-corrected chi connectivity index (χ4v) is 3.62. The van der Waals surface area contributed by atoms with Gasteiger partial charge < -0.3 is 14.2 Å². The number of aryl methyl sites for hydroxylation is 2. The molecule has 32 heavy (non-hydrogen) atoms. The van der Waals surface area contributed by atoms with Crippen molar-refractivity contribution >= 4 is 12.3 Å². The van der Waals surface area contributed by atoms with Crippen molar-refractivity contribution in [1.29, 1.82) is 0 Å². The lowest BCUT2D eigenvalue weighted by Gasteiger charge is -2.17. The third kappa shape index (κ3) is 6.20. The summed E-state index contributed by atoms with van der Waals surface area (Å²) in [4.78, 5) is 21.8. The van der Waals surface area contributed by atoms with Crippen LogP contribution in [0.15, 0.2) is 60.7 Å². The fraction of sp³-hybridized carbons (Fsp3) is 0.259. The zero-order valence-electron chi connectivity index (χ0n) is 18.9. The molecule has 5 heteroatoms. The monoisotopic (exact) mass is 432 g/mol. The van der Waals surface area contributed by atoms with Crippen LogP contribution in [-0.4, -0.2) is 25.0 Å². The molecule has 0 fully saturated rings. The molecular weight excluding hydrogens is 404 g/mol. The highest BCUT2D eigenvalue weighted by molar-refractivity contribution is 5.75. The van der Waals surface area contributed by atoms with E-state index in [4.69, 9.17) is 14.2 Å². The summed E-state index contributed by atoms with van der Waals surface area (Å²) in [5.74, 6) is 1.16. The van der Waals surface area contributed by atoms with E-state index < -0.39 is 0 Å². The van der Waals surface area contributed by atoms with Crippen LogP contribution in [0.25, 0.3) is 11.1 Å². The predicted molar refractivity (Wildman–Crippen MR) is 124 cm³/mol. The summed E-state index contributed by atoms with van der Waals surface area (Å²) in [7, 11) is 0. The number of hydrogen-bond acceptors (Lipinski definition) is 5. The van der Waals surface area contributed by atoms with Crippen LogP contribution in [-0.2, 0) is 16.1 Å². The van der Waals surface area contributed by atoms with E-state index in [2.05, 4.69) is 26.0 Å². The van der Waals surface area contributed by atoms with Crippen LogP contribution >= 0.6 is 0 Å². The van der Waals surface area contributed by atoms with Crippen molar-refractivity contribution in [2.45, 2.75) is 40.4 Å². The van der Waals surface area contributed by atoms with Gasteiger partial charge >= 0.3 is 5.97 Å². The number of ether oxygens (including phenoxy) is 3. The highest BCUT2D eigenvalue weighted by Gasteiger charge is 2.11. The standard InChI is InChI=1S/C27H28O5/c1-18-12-26(30-16-20(3)32-21(4)29)13-19(2)27(18)24-7-5-6-23(14-24)17-31-25-10-8-22(15-28)9-11-25/h5-15,20H,16-17H2,1-4H3. The quantitative estimate of drug-likeness (QED) is 0.321. The molecular formula is C27H28O5. The molecule has 3 aromatic carbocycles. The zero-order chi connectivity index (χ0) is 23.1. The van der Waals surface area contributed by atoms with Crippen molar-refractivity contribution in [3.05, 3.63) is 82.9 Å². The van der Waals surface area contributed by atoms with Crippen LogP contribution in [0.2, 0.25) is 0 Å². The first-order chi connectivity index (χ1) is 15.4. The maximum Gasteiger partial charge on any atom is 0.303 e. The molecule has 0 bridgehead atoms. The van der Waals surface area contributed by atoms with Crippen LogP contribution < -0.4 is 9.47 Å². The minimum atomic E-state index is -0.314. The van der Waals surface area contributed by atoms with E-state index in [1.807, 2.05) is 24.3 Å². The molecule has 0 aliphatic carbocycles. The molecule has 0 saturated carbocycles. The number of carbonyl (C=O) groups is 2. The molecule has 166 valence electrons. The van der Waals surface area contributed by atoms with Crippen molar-refractivity contribution in [2.75, 3.05) is 6.61 Å². The summed E-state index contributed by atoms with van der Waals surface area (Å²) >= 11 is 0. The van der Waals surface area contributed by atoms with Gasteiger partial charge in [-0.2, -0.15) is 0 Å². The Balaban J connectivity index is 1.71. The molecule has 0 saturated heterocycles. The van der Waals surface area contributed by atoms with E-state index in [9.17, 15) is 9.59 Å². The van der Waals surface area contributed by atoms with E-state index in [0.29, 0.717) is 18.8 Å². The highest BCUT2D eigenvalue weighted by Crippen LogP contribution is 2.32. The van der Waals surface area contributed by atoms with Crippen LogP contribution in [0.4, 0.5) is 0 Å². The Hall–Kier alpha value is -3.60. The maximum atomic E-state index is 11.1. The second-order valence-electron chi connectivity index (χ2n) is 7.84. The molecule has 3 aromatic rings. The lowest BCUT2D eigenvalue weighted by molar-refractivity contribution is -0.146. The molecule has 1 atom stereocenters. The van der Waals surface area contributed by atoms with Gasteiger partial charge in [0.05, 0.1) is 0 Å². The Morgan fingerprint density at radius 2 is 1.62 bits per heavy atom. The van der Waals surface area contributed by atoms with Gasteiger partial charge in [0, 0.05) is 12.5 Å². The minimum absolute atomic E-state index is 0.304. The molecule has 0 amide bonds. The largest absolute Gasteiger partial charge is 0.490 e. The van der Waals surface area contributed by atoms with Gasteiger partial charge in [-0.15, -0.1) is 0 Å². The first-order valence-electron chi connectivity index (χ1n) is 10.5. The van der Waals surface area contributed by atoms with Crippen LogP contribution in [0.1, 0.15) is 40.9 Å². The summed E-state index contributed by atoms with van der Waals surface area (Å²) in [5, 5.41) is 0. The number of aldehydes is 1. The third-order valence-electron chi connectivity index (χ3n) is 5.00. The molecule has 0 aliphatic rings. The molecule has 1 unspecified atom stereocenters. The molecule has 0 radical (unpaired) electrons. The molecule has 0 aromatic heterocycles. The Morgan fingerprint density at radius 1 is 0.938 bits per heavy atom. The van der Waals surface area contributed by atoms with E-state index in [1.165, 1.54) is 6.92 Å². The topological polar surface area (TPSA) is 61.8 Å². The summed E-state index contributed by atoms with van der Waals surface area (Å²) in [6.07, 6.45) is 0.508. The predicted octanol–water partition coefficient (Wildman–Crippen LogP) is 5.69. The van der Waals surface area contributed by atoms with Gasteiger partial charge in [-0.05, 0) is 91.1 Å². The Kier molecular flexibility index (Phi) is 7.66. The van der Waals surface area contributed by atoms with E-state index in [1.54, 1.807) is 31.2 Å². The van der Waals surface area contributed by atoms with E-state index in [0.717, 1.165) is 45.6 Å². The number of benzene rings is 3. The molecule has 3 rings (SSSR count). The summed E-state index contributed by atoms with van der Waals surface area (Å²) in [6.45, 7) is 8.05. The van der Waals surface area contributed by atoms with Crippen molar-refractivity contribution < 1.29 is 23.8 Å². The lowest BCUT2D eigenvalue weighted by Crippen LogP contribution is -2.20. The summed E-state index contributed by atoms with van der Waals surface area (Å²) in [6, 6.07) is 19.3. The Morgan fingerprint density at radius 3 is 2.25 bits per heavy atom. The molecule has 0 N–H and O–H groups in total. The second-order valence-corrected chi connectivity index (χ2v) is 7.84. The first kappa shape index (κ1) is 23.1. The SMILES string of the molecule is CC(=O)OC(C)COc1cc(C)c(-c2cccc(COc3ccc(C=O)cc3)c2)c(C)c1. The highest BCUT2D eigenvalue weighted by atomic mass is 16.6. The van der Waals surface area contributed by atoms with Crippen LogP contribution in [0, 0.1) is 13.8 Å². The minimum Gasteiger partial charge on any atom is -0.490 e. The molecule has 0 spiro atoms. The smallest absolute Gasteiger partial charge is 0.303 e. The van der Waals surface area contributed by atoms with Gasteiger partial charge in [-0.1, -0.05) is 18.2 Å². The third-order valence-corrected chi connectivity index (χ3v) is 5.00. The molecule has 0 aliphatic heterocycles. The second kappa shape index (κ2) is 10.6. The Bertz CT molecular complexity index is 1060. The van der Waals surface area contributed by atoms with E-state index in [-0.39, 0.29) is 12.1 Å². The summed E-state index contributed by atoms with van der Waals surface area (Å²) < 4.78 is 16.8. The summed E-state index contributed by atoms with van der Waals surface area (Å²) in [5.41, 5.74) is 6.14. The van der Waals surface area contributed by atoms with Crippen molar-refractivity contribution in [2.24, 2.45) is 0 Å². The van der Waals surface area contributed by atoms with Crippen LogP contribution in [0.5, 0.6) is 11.5 Å². The average molecular weight is 433 g/mol. The average Bonchev–Trinajstić information content (AvgIpc) is 2.76. The van der Waals surface area contributed by atoms with Crippen LogP contribution in [0.3, 0.4) is 0 Å². The number of hydrogen-bond donors (Lipinski definition) is 0. The van der Waals surface area contributed by atoms with Gasteiger partial charge in [-0.3, -0.25) is 9.59 Å². The van der Waals surface area contributed by atoms with Crippen molar-refractivity contribution in [3.63, 3.8) is 0 Å². The zero-order valence-corrected chi connectivity index (χ0v) is 18.9. The van der Waals surface area contributed by atoms with Gasteiger partial charge in [0.15, 0.2) is 0 Å².